The van der Waals surface area contributed by atoms with Gasteiger partial charge in [0.1, 0.15) is 22.5 Å². The van der Waals surface area contributed by atoms with E-state index in [4.69, 9.17) is 33.7 Å². The number of pyridine rings is 1. The van der Waals surface area contributed by atoms with Crippen LogP contribution in [-0.2, 0) is 23.5 Å². The predicted molar refractivity (Wildman–Crippen MR) is 151 cm³/mol. The lowest BCUT2D eigenvalue weighted by Crippen LogP contribution is -2.30. The fraction of sp³-hybridized carbons (Fsp3) is 0.200. The first-order valence-corrected chi connectivity index (χ1v) is 14.4. The molecule has 0 amide bonds. The van der Waals surface area contributed by atoms with Gasteiger partial charge < -0.3 is 10.5 Å². The van der Waals surface area contributed by atoms with Crippen LogP contribution >= 0.6 is 23.2 Å². The number of halogens is 4. The lowest BCUT2D eigenvalue weighted by Gasteiger charge is -2.20. The molecular formula is C25H21Cl2F2N7O4S. The molecule has 11 nitrogen and oxygen atoms in total. The van der Waals surface area contributed by atoms with Gasteiger partial charge in [-0.3, -0.25) is 18.8 Å². The number of nitrogens with one attached hydrogen (secondary N) is 1. The van der Waals surface area contributed by atoms with Gasteiger partial charge in [0, 0.05) is 13.1 Å². The van der Waals surface area contributed by atoms with E-state index in [1.807, 2.05) is 0 Å². The van der Waals surface area contributed by atoms with Crippen molar-refractivity contribution in [3.8, 4) is 11.6 Å². The number of anilines is 1. The largest absolute Gasteiger partial charge is 0.480 e. The van der Waals surface area contributed by atoms with Crippen molar-refractivity contribution >= 4 is 61.0 Å². The Hall–Kier alpha value is -3.85. The van der Waals surface area contributed by atoms with E-state index in [0.29, 0.717) is 0 Å². The van der Waals surface area contributed by atoms with Crippen molar-refractivity contribution in [2.45, 2.75) is 12.5 Å². The van der Waals surface area contributed by atoms with Gasteiger partial charge in [0.2, 0.25) is 15.9 Å². The molecule has 0 spiro atoms. The molecule has 0 saturated carbocycles. The topological polar surface area (TPSA) is 147 Å². The molecule has 1 atom stereocenters. The third-order valence-corrected chi connectivity index (χ3v) is 7.30. The zero-order valence-electron chi connectivity index (χ0n) is 21.6. The molecule has 0 aliphatic rings. The van der Waals surface area contributed by atoms with E-state index < -0.39 is 33.3 Å². The summed E-state index contributed by atoms with van der Waals surface area (Å²) in [5.74, 6) is -1.65. The number of benzene rings is 2. The maximum absolute atomic E-state index is 14.1. The number of methoxy groups -OCH3 is 1. The second-order valence-corrected chi connectivity index (χ2v) is 11.7. The number of nitrogens with two attached hydrogens (primary N) is 1. The van der Waals surface area contributed by atoms with E-state index in [2.05, 4.69) is 19.8 Å². The highest BCUT2D eigenvalue weighted by Crippen LogP contribution is 2.35. The quantitative estimate of drug-likeness (QED) is 0.278. The summed E-state index contributed by atoms with van der Waals surface area (Å²) in [5, 5.41) is 4.69. The van der Waals surface area contributed by atoms with Crippen molar-refractivity contribution in [1.82, 2.24) is 24.3 Å². The summed E-state index contributed by atoms with van der Waals surface area (Å²) in [4.78, 5) is 22.9. The monoisotopic (exact) mass is 623 g/mol. The summed E-state index contributed by atoms with van der Waals surface area (Å²) in [5.41, 5.74) is 6.56. The molecule has 3 heterocycles. The molecule has 0 aliphatic carbocycles. The highest BCUT2D eigenvalue weighted by molar-refractivity contribution is 7.92. The van der Waals surface area contributed by atoms with Crippen molar-refractivity contribution in [3.63, 3.8) is 0 Å². The van der Waals surface area contributed by atoms with E-state index >= 15 is 0 Å². The predicted octanol–water partition coefficient (Wildman–Crippen LogP) is 3.88. The van der Waals surface area contributed by atoms with Crippen LogP contribution in [0.5, 0.6) is 5.88 Å². The van der Waals surface area contributed by atoms with Gasteiger partial charge >= 0.3 is 0 Å². The van der Waals surface area contributed by atoms with Crippen molar-refractivity contribution in [1.29, 1.82) is 0 Å². The summed E-state index contributed by atoms with van der Waals surface area (Å²) in [7, 11) is -0.859. The Morgan fingerprint density at radius 2 is 1.78 bits per heavy atom. The summed E-state index contributed by atoms with van der Waals surface area (Å²) in [6, 6.07) is 6.22. The van der Waals surface area contributed by atoms with Crippen LogP contribution in [-0.4, -0.2) is 46.1 Å². The number of hydrogen-bond donors (Lipinski definition) is 2. The number of ether oxygens (including phenoxy) is 1. The molecule has 0 bridgehead atoms. The summed E-state index contributed by atoms with van der Waals surface area (Å²) < 4.78 is 61.9. The molecule has 5 aromatic rings. The first-order chi connectivity index (χ1) is 19.3. The standard InChI is InChI=1S/C25H21Cl2F2N7O4S/c1-35-20-18(5-4-15(26)19(20)22(33-35)34-41(3,38)39)36-23(17(30)8-11-6-12(28)9-13(29)7-11)31-21-14(25(36)37)10-16(27)24(32-21)40-2/h4-7,9-10,17H,8,30H2,1-3H3,(H,33,34). The van der Waals surface area contributed by atoms with Gasteiger partial charge in [-0.1, -0.05) is 23.2 Å². The zero-order chi connectivity index (χ0) is 29.8. The van der Waals surface area contributed by atoms with E-state index in [1.165, 1.54) is 41.6 Å². The fourth-order valence-corrected chi connectivity index (χ4v) is 5.54. The van der Waals surface area contributed by atoms with Gasteiger partial charge in [-0.2, -0.15) is 10.1 Å². The maximum atomic E-state index is 14.1. The van der Waals surface area contributed by atoms with Crippen molar-refractivity contribution in [2.24, 2.45) is 12.8 Å². The van der Waals surface area contributed by atoms with Gasteiger partial charge in [-0.25, -0.2) is 22.2 Å². The normalized spacial score (nSPS) is 12.7. The molecule has 214 valence electrons. The van der Waals surface area contributed by atoms with Crippen LogP contribution in [0.1, 0.15) is 17.4 Å². The third kappa shape index (κ3) is 5.43. The minimum absolute atomic E-state index is 0.0169. The van der Waals surface area contributed by atoms with Crippen LogP contribution in [0.2, 0.25) is 10.0 Å². The Labute approximate surface area is 241 Å². The van der Waals surface area contributed by atoms with Crippen LogP contribution in [0.4, 0.5) is 14.6 Å². The molecule has 0 fully saturated rings. The van der Waals surface area contributed by atoms with Crippen LogP contribution < -0.4 is 20.8 Å². The van der Waals surface area contributed by atoms with Gasteiger partial charge in [0.15, 0.2) is 11.5 Å². The number of nitrogens with zero attached hydrogens (tertiary/aromatic N) is 5. The Morgan fingerprint density at radius 1 is 1.10 bits per heavy atom. The van der Waals surface area contributed by atoms with Crippen molar-refractivity contribution in [3.05, 3.63) is 79.8 Å². The van der Waals surface area contributed by atoms with Crippen molar-refractivity contribution in [2.75, 3.05) is 18.1 Å². The number of hydrogen-bond acceptors (Lipinski definition) is 8. The summed E-state index contributed by atoms with van der Waals surface area (Å²) in [6.07, 6.45) is 0.848. The highest BCUT2D eigenvalue weighted by Gasteiger charge is 2.25. The molecule has 0 radical (unpaired) electrons. The highest BCUT2D eigenvalue weighted by atomic mass is 35.5. The first kappa shape index (κ1) is 28.7. The van der Waals surface area contributed by atoms with Crippen LogP contribution in [0, 0.1) is 11.6 Å². The van der Waals surface area contributed by atoms with Crippen LogP contribution in [0.3, 0.4) is 0 Å². The van der Waals surface area contributed by atoms with E-state index in [9.17, 15) is 22.0 Å². The first-order valence-electron chi connectivity index (χ1n) is 11.8. The van der Waals surface area contributed by atoms with E-state index in [-0.39, 0.29) is 67.2 Å². The van der Waals surface area contributed by atoms with Gasteiger partial charge in [-0.15, -0.1) is 0 Å². The van der Waals surface area contributed by atoms with E-state index in [1.54, 1.807) is 0 Å². The molecule has 2 aromatic carbocycles. The Kier molecular flexibility index (Phi) is 7.36. The molecule has 1 unspecified atom stereocenters. The van der Waals surface area contributed by atoms with E-state index in [0.717, 1.165) is 24.5 Å². The smallest absolute Gasteiger partial charge is 0.267 e. The SMILES string of the molecule is COc1nc2nc(C(N)Cc3cc(F)cc(F)c3)n(-c3ccc(Cl)c4c(NS(C)(=O)=O)nn(C)c34)c(=O)c2cc1Cl. The average molecular weight is 624 g/mol. The molecule has 0 aliphatic heterocycles. The number of aryl methyl sites for hydroxylation is 1. The van der Waals surface area contributed by atoms with Gasteiger partial charge in [0.25, 0.3) is 5.56 Å². The summed E-state index contributed by atoms with van der Waals surface area (Å²) >= 11 is 12.7. The average Bonchev–Trinajstić information content (AvgIpc) is 3.19. The summed E-state index contributed by atoms with van der Waals surface area (Å²) in [6.45, 7) is 0. The molecule has 16 heteroatoms. The molecule has 3 aromatic heterocycles. The fourth-order valence-electron chi connectivity index (χ4n) is 4.57. The third-order valence-electron chi connectivity index (χ3n) is 6.15. The second kappa shape index (κ2) is 10.5. The lowest BCUT2D eigenvalue weighted by molar-refractivity contribution is 0.399. The lowest BCUT2D eigenvalue weighted by atomic mass is 10.0. The molecule has 5 rings (SSSR count). The Balaban J connectivity index is 1.83. The zero-order valence-corrected chi connectivity index (χ0v) is 23.9. The molecule has 41 heavy (non-hydrogen) atoms. The molecular weight excluding hydrogens is 603 g/mol. The van der Waals surface area contributed by atoms with Gasteiger partial charge in [-0.05, 0) is 42.3 Å². The number of aromatic nitrogens is 5. The second-order valence-electron chi connectivity index (χ2n) is 9.19. The Bertz CT molecular complexity index is 2010. The number of sulfonamides is 1. The van der Waals surface area contributed by atoms with Crippen LogP contribution in [0.15, 0.2) is 41.2 Å². The van der Waals surface area contributed by atoms with Crippen molar-refractivity contribution < 1.29 is 21.9 Å². The Morgan fingerprint density at radius 3 is 2.41 bits per heavy atom. The van der Waals surface area contributed by atoms with Gasteiger partial charge in [0.05, 0.1) is 46.4 Å². The maximum Gasteiger partial charge on any atom is 0.267 e. The number of rotatable bonds is 7. The molecule has 0 saturated heterocycles. The molecule has 3 N–H and O–H groups in total. The number of fused-ring (bicyclic) bond motifs is 2. The minimum atomic E-state index is -3.74. The van der Waals surface area contributed by atoms with Crippen LogP contribution in [0.25, 0.3) is 27.6 Å². The minimum Gasteiger partial charge on any atom is -0.480 e.